The monoisotopic (exact) mass is 224 g/mol. The summed E-state index contributed by atoms with van der Waals surface area (Å²) in [5.41, 5.74) is 3.55. The van der Waals surface area contributed by atoms with Gasteiger partial charge in [0, 0.05) is 18.4 Å². The Morgan fingerprint density at radius 2 is 2.19 bits per heavy atom. The van der Waals surface area contributed by atoms with Crippen LogP contribution in [0.5, 0.6) is 0 Å². The van der Waals surface area contributed by atoms with Crippen LogP contribution in [-0.2, 0) is 11.2 Å². The van der Waals surface area contributed by atoms with Gasteiger partial charge in [0.25, 0.3) is 0 Å². The quantitative estimate of drug-likeness (QED) is 0.569. The molecule has 0 bridgehead atoms. The first kappa shape index (κ1) is 12.9. The smallest absolute Gasteiger partial charge is 0.159 e. The fraction of sp³-hybridized carbons (Fsp3) is 0.636. The number of aryl methyl sites for hydroxylation is 1. The zero-order chi connectivity index (χ0) is 12.0. The van der Waals surface area contributed by atoms with Crippen molar-refractivity contribution in [2.24, 2.45) is 5.84 Å². The molecule has 1 aromatic rings. The van der Waals surface area contributed by atoms with Gasteiger partial charge in [-0.15, -0.1) is 0 Å². The number of rotatable bonds is 6. The van der Waals surface area contributed by atoms with Crippen LogP contribution in [-0.4, -0.2) is 16.6 Å². The van der Waals surface area contributed by atoms with Crippen molar-refractivity contribution in [3.63, 3.8) is 0 Å². The van der Waals surface area contributed by atoms with Gasteiger partial charge in [-0.05, 0) is 20.3 Å². The summed E-state index contributed by atoms with van der Waals surface area (Å²) in [4.78, 5) is 8.74. The number of nitrogens with one attached hydrogen (secondary N) is 1. The van der Waals surface area contributed by atoms with Crippen LogP contribution in [0.25, 0.3) is 0 Å². The molecule has 0 spiro atoms. The third-order valence-corrected chi connectivity index (χ3v) is 2.23. The van der Waals surface area contributed by atoms with E-state index in [0.717, 1.165) is 18.5 Å². The van der Waals surface area contributed by atoms with Crippen LogP contribution in [0.2, 0.25) is 0 Å². The number of aromatic nitrogens is 2. The van der Waals surface area contributed by atoms with Crippen molar-refractivity contribution >= 4 is 5.82 Å². The van der Waals surface area contributed by atoms with Crippen molar-refractivity contribution in [1.29, 1.82) is 0 Å². The molecule has 0 saturated carbocycles. The molecule has 5 heteroatoms. The molecule has 0 radical (unpaired) electrons. The molecule has 1 unspecified atom stereocenters. The summed E-state index contributed by atoms with van der Waals surface area (Å²) in [5.74, 6) is 6.70. The van der Waals surface area contributed by atoms with Crippen molar-refractivity contribution in [3.8, 4) is 0 Å². The second-order valence-electron chi connectivity index (χ2n) is 3.59. The summed E-state index contributed by atoms with van der Waals surface area (Å²) >= 11 is 0. The Kier molecular flexibility index (Phi) is 5.14. The number of hydrazine groups is 1. The van der Waals surface area contributed by atoms with Gasteiger partial charge in [0.1, 0.15) is 11.9 Å². The lowest BCUT2D eigenvalue weighted by Gasteiger charge is -2.12. The number of hydrogen-bond donors (Lipinski definition) is 2. The molecule has 0 aliphatic carbocycles. The minimum Gasteiger partial charge on any atom is -0.371 e. The summed E-state index contributed by atoms with van der Waals surface area (Å²) in [7, 11) is 0. The Hall–Kier alpha value is -1.20. The Bertz CT molecular complexity index is 330. The second-order valence-corrected chi connectivity index (χ2v) is 3.59. The number of hydrogen-bond acceptors (Lipinski definition) is 5. The molecule has 1 rings (SSSR count). The van der Waals surface area contributed by atoms with Gasteiger partial charge in [-0.1, -0.05) is 13.3 Å². The minimum atomic E-state index is -0.103. The molecule has 1 heterocycles. The van der Waals surface area contributed by atoms with Gasteiger partial charge in [-0.25, -0.2) is 15.8 Å². The van der Waals surface area contributed by atoms with Crippen LogP contribution >= 0.6 is 0 Å². The molecular formula is C11H20N4O. The Morgan fingerprint density at radius 1 is 1.44 bits per heavy atom. The largest absolute Gasteiger partial charge is 0.371 e. The van der Waals surface area contributed by atoms with Crippen molar-refractivity contribution in [3.05, 3.63) is 17.6 Å². The highest BCUT2D eigenvalue weighted by atomic mass is 16.5. The number of nitrogens with two attached hydrogens (primary N) is 1. The third kappa shape index (κ3) is 3.43. The standard InChI is InChI=1S/C11H20N4O/c1-4-6-9-7-10(15-12)14-11(13-9)8(3)16-5-2/h7-8H,4-6,12H2,1-3H3,(H,13,14,15). The van der Waals surface area contributed by atoms with E-state index in [1.54, 1.807) is 0 Å². The first-order valence-corrected chi connectivity index (χ1v) is 5.67. The molecule has 3 N–H and O–H groups in total. The molecule has 0 fully saturated rings. The lowest BCUT2D eigenvalue weighted by atomic mass is 10.2. The maximum Gasteiger partial charge on any atom is 0.159 e. The van der Waals surface area contributed by atoms with Crippen molar-refractivity contribution in [2.45, 2.75) is 39.7 Å². The lowest BCUT2D eigenvalue weighted by molar-refractivity contribution is 0.0700. The molecular weight excluding hydrogens is 204 g/mol. The number of ether oxygens (including phenoxy) is 1. The summed E-state index contributed by atoms with van der Waals surface area (Å²) in [6, 6.07) is 1.87. The van der Waals surface area contributed by atoms with Gasteiger partial charge in [-0.2, -0.15) is 0 Å². The molecule has 0 aliphatic heterocycles. The van der Waals surface area contributed by atoms with Crippen LogP contribution in [0.3, 0.4) is 0 Å². The van der Waals surface area contributed by atoms with Gasteiger partial charge in [0.15, 0.2) is 5.82 Å². The van der Waals surface area contributed by atoms with E-state index in [0.29, 0.717) is 18.2 Å². The SMILES string of the molecule is CCCc1cc(NN)nc(C(C)OCC)n1. The molecule has 0 aliphatic rings. The minimum absolute atomic E-state index is 0.103. The first-order valence-electron chi connectivity index (χ1n) is 5.67. The first-order chi connectivity index (χ1) is 7.71. The van der Waals surface area contributed by atoms with E-state index in [1.807, 2.05) is 19.9 Å². The predicted molar refractivity (Wildman–Crippen MR) is 63.9 cm³/mol. The van der Waals surface area contributed by atoms with E-state index in [-0.39, 0.29) is 6.10 Å². The van der Waals surface area contributed by atoms with E-state index in [1.165, 1.54) is 0 Å². The van der Waals surface area contributed by atoms with Gasteiger partial charge in [-0.3, -0.25) is 0 Å². The fourth-order valence-corrected chi connectivity index (χ4v) is 1.48. The molecule has 0 saturated heterocycles. The normalized spacial score (nSPS) is 12.5. The van der Waals surface area contributed by atoms with Gasteiger partial charge in [0.05, 0.1) is 0 Å². The zero-order valence-electron chi connectivity index (χ0n) is 10.2. The lowest BCUT2D eigenvalue weighted by Crippen LogP contribution is -2.14. The molecule has 0 aromatic carbocycles. The zero-order valence-corrected chi connectivity index (χ0v) is 10.2. The van der Waals surface area contributed by atoms with E-state index < -0.39 is 0 Å². The number of nitrogens with zero attached hydrogens (tertiary/aromatic N) is 2. The van der Waals surface area contributed by atoms with Crippen LogP contribution < -0.4 is 11.3 Å². The van der Waals surface area contributed by atoms with E-state index in [9.17, 15) is 0 Å². The van der Waals surface area contributed by atoms with Crippen LogP contribution in [0, 0.1) is 0 Å². The van der Waals surface area contributed by atoms with Gasteiger partial charge >= 0.3 is 0 Å². The Labute approximate surface area is 96.4 Å². The van der Waals surface area contributed by atoms with Gasteiger partial charge < -0.3 is 10.2 Å². The number of nitrogen functional groups attached to an aromatic ring is 1. The van der Waals surface area contributed by atoms with Crippen LogP contribution in [0.15, 0.2) is 6.07 Å². The molecule has 90 valence electrons. The molecule has 16 heavy (non-hydrogen) atoms. The van der Waals surface area contributed by atoms with Gasteiger partial charge in [0.2, 0.25) is 0 Å². The molecule has 1 aromatic heterocycles. The average Bonchev–Trinajstić information content (AvgIpc) is 2.29. The molecule has 0 amide bonds. The maximum atomic E-state index is 5.47. The highest BCUT2D eigenvalue weighted by Gasteiger charge is 2.11. The van der Waals surface area contributed by atoms with Crippen molar-refractivity contribution in [1.82, 2.24) is 9.97 Å². The molecule has 1 atom stereocenters. The van der Waals surface area contributed by atoms with E-state index in [4.69, 9.17) is 10.6 Å². The van der Waals surface area contributed by atoms with Crippen LogP contribution in [0.1, 0.15) is 44.8 Å². The summed E-state index contributed by atoms with van der Waals surface area (Å²) < 4.78 is 5.47. The summed E-state index contributed by atoms with van der Waals surface area (Å²) in [5, 5.41) is 0. The van der Waals surface area contributed by atoms with E-state index in [2.05, 4.69) is 22.3 Å². The second kappa shape index (κ2) is 6.40. The highest BCUT2D eigenvalue weighted by molar-refractivity contribution is 5.34. The summed E-state index contributed by atoms with van der Waals surface area (Å²) in [6.07, 6.45) is 1.86. The summed E-state index contributed by atoms with van der Waals surface area (Å²) in [6.45, 7) is 6.65. The number of anilines is 1. The maximum absolute atomic E-state index is 5.47. The Balaban J connectivity index is 2.93. The van der Waals surface area contributed by atoms with E-state index >= 15 is 0 Å². The average molecular weight is 224 g/mol. The fourth-order valence-electron chi connectivity index (χ4n) is 1.48. The molecule has 5 nitrogen and oxygen atoms in total. The topological polar surface area (TPSA) is 73.1 Å². The Morgan fingerprint density at radius 3 is 2.75 bits per heavy atom. The predicted octanol–water partition coefficient (Wildman–Crippen LogP) is 1.81. The third-order valence-electron chi connectivity index (χ3n) is 2.23. The van der Waals surface area contributed by atoms with Crippen LogP contribution in [0.4, 0.5) is 5.82 Å². The van der Waals surface area contributed by atoms with Crippen molar-refractivity contribution in [2.75, 3.05) is 12.0 Å². The van der Waals surface area contributed by atoms with Crippen molar-refractivity contribution < 1.29 is 4.74 Å². The highest BCUT2D eigenvalue weighted by Crippen LogP contribution is 2.16.